The average molecular weight is 339 g/mol. The van der Waals surface area contributed by atoms with Crippen LogP contribution < -0.4 is 5.32 Å². The van der Waals surface area contributed by atoms with Crippen molar-refractivity contribution in [3.05, 3.63) is 47.2 Å². The van der Waals surface area contributed by atoms with Gasteiger partial charge in [-0.3, -0.25) is 5.10 Å². The molecule has 2 aromatic heterocycles. The van der Waals surface area contributed by atoms with E-state index >= 15 is 0 Å². The minimum absolute atomic E-state index is 0.0993. The van der Waals surface area contributed by atoms with Gasteiger partial charge >= 0.3 is 6.18 Å². The van der Waals surface area contributed by atoms with Crippen LogP contribution in [0.1, 0.15) is 29.9 Å². The number of aromatic nitrogens is 4. The molecule has 0 radical (unpaired) electrons. The van der Waals surface area contributed by atoms with Crippen LogP contribution in [0.25, 0.3) is 11.0 Å². The van der Waals surface area contributed by atoms with Crippen molar-refractivity contribution in [1.29, 1.82) is 0 Å². The third-order valence-electron chi connectivity index (χ3n) is 3.58. The second kappa shape index (κ2) is 5.73. The minimum atomic E-state index is -4.75. The van der Waals surface area contributed by atoms with Crippen LogP contribution in [0.2, 0.25) is 0 Å². The van der Waals surface area contributed by atoms with E-state index in [-0.39, 0.29) is 5.56 Å². The first kappa shape index (κ1) is 16.2. The van der Waals surface area contributed by atoms with Gasteiger partial charge in [0.05, 0.1) is 23.2 Å². The number of nitrogens with zero attached hydrogens (tertiary/aromatic N) is 3. The van der Waals surface area contributed by atoms with Crippen LogP contribution in [-0.4, -0.2) is 20.2 Å². The van der Waals surface area contributed by atoms with Crippen LogP contribution in [0, 0.1) is 12.7 Å². The predicted molar refractivity (Wildman–Crippen MR) is 79.9 cm³/mol. The zero-order valence-electron chi connectivity index (χ0n) is 12.7. The number of hydrogen-bond donors (Lipinski definition) is 2. The summed E-state index contributed by atoms with van der Waals surface area (Å²) in [6.07, 6.45) is -3.25. The Morgan fingerprint density at radius 1 is 1.21 bits per heavy atom. The first-order chi connectivity index (χ1) is 11.3. The quantitative estimate of drug-likeness (QED) is 0.708. The van der Waals surface area contributed by atoms with Gasteiger partial charge < -0.3 is 5.32 Å². The van der Waals surface area contributed by atoms with E-state index in [9.17, 15) is 17.6 Å². The first-order valence-corrected chi connectivity index (χ1v) is 7.07. The monoisotopic (exact) mass is 339 g/mol. The van der Waals surface area contributed by atoms with Gasteiger partial charge in [0.1, 0.15) is 17.5 Å². The number of alkyl halides is 3. The summed E-state index contributed by atoms with van der Waals surface area (Å²) in [4.78, 5) is 8.36. The van der Waals surface area contributed by atoms with Crippen LogP contribution in [0.4, 0.5) is 23.4 Å². The molecule has 0 saturated heterocycles. The number of aryl methyl sites for hydroxylation is 1. The van der Waals surface area contributed by atoms with E-state index in [1.54, 1.807) is 13.8 Å². The Morgan fingerprint density at radius 2 is 1.96 bits per heavy atom. The highest BCUT2D eigenvalue weighted by Gasteiger charge is 2.35. The van der Waals surface area contributed by atoms with Gasteiger partial charge in [0.25, 0.3) is 0 Å². The molecule has 1 atom stereocenters. The number of nitrogens with one attached hydrogen (secondary N) is 2. The summed E-state index contributed by atoms with van der Waals surface area (Å²) in [6.45, 7) is 3.23. The number of aromatic amines is 1. The van der Waals surface area contributed by atoms with Crippen LogP contribution in [0.15, 0.2) is 24.4 Å². The fourth-order valence-corrected chi connectivity index (χ4v) is 2.44. The van der Waals surface area contributed by atoms with E-state index in [1.807, 2.05) is 0 Å². The van der Waals surface area contributed by atoms with Crippen LogP contribution in [0.3, 0.4) is 0 Å². The molecule has 3 rings (SSSR count). The van der Waals surface area contributed by atoms with E-state index in [0.717, 1.165) is 0 Å². The van der Waals surface area contributed by atoms with Crippen molar-refractivity contribution in [3.8, 4) is 0 Å². The van der Waals surface area contributed by atoms with Crippen molar-refractivity contribution < 1.29 is 17.6 Å². The topological polar surface area (TPSA) is 66.5 Å². The lowest BCUT2D eigenvalue weighted by molar-refractivity contribution is -0.140. The Balaban J connectivity index is 1.98. The molecule has 0 unspecified atom stereocenters. The largest absolute Gasteiger partial charge is 0.419 e. The van der Waals surface area contributed by atoms with Crippen molar-refractivity contribution in [3.63, 3.8) is 0 Å². The van der Waals surface area contributed by atoms with Crippen molar-refractivity contribution in [2.45, 2.75) is 26.1 Å². The van der Waals surface area contributed by atoms with Gasteiger partial charge in [-0.25, -0.2) is 14.4 Å². The van der Waals surface area contributed by atoms with E-state index in [1.165, 1.54) is 18.3 Å². The number of H-pyrrole nitrogens is 1. The van der Waals surface area contributed by atoms with Crippen molar-refractivity contribution in [2.24, 2.45) is 0 Å². The summed E-state index contributed by atoms with van der Waals surface area (Å²) >= 11 is 0. The first-order valence-electron chi connectivity index (χ1n) is 7.07. The maximum atomic E-state index is 14.2. The molecule has 3 aromatic rings. The molecule has 2 heterocycles. The minimum Gasteiger partial charge on any atom is -0.363 e. The summed E-state index contributed by atoms with van der Waals surface area (Å²) in [6, 6.07) is 2.47. The van der Waals surface area contributed by atoms with Crippen LogP contribution in [-0.2, 0) is 6.18 Å². The number of hydrogen-bond acceptors (Lipinski definition) is 4. The van der Waals surface area contributed by atoms with Gasteiger partial charge in [0.15, 0.2) is 5.65 Å². The number of fused-ring (bicyclic) bond motifs is 1. The molecule has 0 saturated carbocycles. The summed E-state index contributed by atoms with van der Waals surface area (Å²) in [7, 11) is 0. The molecule has 0 amide bonds. The fourth-order valence-electron chi connectivity index (χ4n) is 2.44. The molecule has 0 fully saturated rings. The molecule has 0 bridgehead atoms. The molecule has 9 heteroatoms. The Morgan fingerprint density at radius 3 is 2.67 bits per heavy atom. The molecule has 0 aliphatic heterocycles. The molecule has 0 aliphatic rings. The highest BCUT2D eigenvalue weighted by Crippen LogP contribution is 2.34. The lowest BCUT2D eigenvalue weighted by Crippen LogP contribution is -2.15. The lowest BCUT2D eigenvalue weighted by Gasteiger charge is -2.18. The number of benzene rings is 1. The molecule has 5 nitrogen and oxygen atoms in total. The molecule has 24 heavy (non-hydrogen) atoms. The molecule has 2 N–H and O–H groups in total. The lowest BCUT2D eigenvalue weighted by atomic mass is 10.0. The number of anilines is 1. The van der Waals surface area contributed by atoms with E-state index in [0.29, 0.717) is 28.7 Å². The summed E-state index contributed by atoms with van der Waals surface area (Å²) < 4.78 is 52.8. The Bertz CT molecular complexity index is 887. The SMILES string of the molecule is Cc1nc(N[C@H](C)c2cccc(C(F)(F)F)c2F)c2cn[nH]c2n1. The standard InChI is InChI=1S/C15H13F4N5/c1-7(9-4-3-5-11(12(9)16)15(17,18)19)21-13-10-6-20-24-14(10)23-8(2)22-13/h3-7H,1-2H3,(H2,20,21,22,23,24)/t7-/m1/s1. The van der Waals surface area contributed by atoms with Gasteiger partial charge in [-0.1, -0.05) is 12.1 Å². The summed E-state index contributed by atoms with van der Waals surface area (Å²) in [5, 5.41) is 10.0. The van der Waals surface area contributed by atoms with E-state index in [2.05, 4.69) is 25.5 Å². The van der Waals surface area contributed by atoms with Crippen LogP contribution in [0.5, 0.6) is 0 Å². The van der Waals surface area contributed by atoms with Crippen molar-refractivity contribution in [2.75, 3.05) is 5.32 Å². The Labute approximate surface area is 134 Å². The second-order valence-electron chi connectivity index (χ2n) is 5.32. The third kappa shape index (κ3) is 2.89. The molecular weight excluding hydrogens is 326 g/mol. The van der Waals surface area contributed by atoms with Crippen molar-refractivity contribution in [1.82, 2.24) is 20.2 Å². The van der Waals surface area contributed by atoms with Gasteiger partial charge in [-0.05, 0) is 19.9 Å². The molecule has 0 aliphatic carbocycles. The average Bonchev–Trinajstić information content (AvgIpc) is 2.94. The van der Waals surface area contributed by atoms with Crippen molar-refractivity contribution >= 4 is 16.9 Å². The summed E-state index contributed by atoms with van der Waals surface area (Å²) in [5.41, 5.74) is -0.902. The Hall–Kier alpha value is -2.71. The van der Waals surface area contributed by atoms with E-state index in [4.69, 9.17) is 0 Å². The zero-order valence-corrected chi connectivity index (χ0v) is 12.7. The van der Waals surface area contributed by atoms with Gasteiger partial charge in [0, 0.05) is 5.56 Å². The third-order valence-corrected chi connectivity index (χ3v) is 3.58. The maximum Gasteiger partial charge on any atom is 0.419 e. The Kier molecular flexibility index (Phi) is 3.86. The maximum absolute atomic E-state index is 14.2. The van der Waals surface area contributed by atoms with Gasteiger partial charge in [-0.15, -0.1) is 0 Å². The second-order valence-corrected chi connectivity index (χ2v) is 5.32. The highest BCUT2D eigenvalue weighted by atomic mass is 19.4. The molecular formula is C15H13F4N5. The normalized spacial score (nSPS) is 13.2. The van der Waals surface area contributed by atoms with Gasteiger partial charge in [-0.2, -0.15) is 18.3 Å². The molecule has 126 valence electrons. The smallest absolute Gasteiger partial charge is 0.363 e. The molecule has 1 aromatic carbocycles. The highest BCUT2D eigenvalue weighted by molar-refractivity contribution is 5.86. The van der Waals surface area contributed by atoms with E-state index < -0.39 is 23.6 Å². The van der Waals surface area contributed by atoms with Gasteiger partial charge in [0.2, 0.25) is 0 Å². The van der Waals surface area contributed by atoms with Crippen LogP contribution >= 0.6 is 0 Å². The summed E-state index contributed by atoms with van der Waals surface area (Å²) in [5.74, 6) is -0.472. The predicted octanol–water partition coefficient (Wildman–Crippen LogP) is 3.99. The zero-order chi connectivity index (χ0) is 17.5. The molecule has 0 spiro atoms. The number of halogens is 4. The number of rotatable bonds is 3. The fraction of sp³-hybridized carbons (Fsp3) is 0.267.